The molecule has 0 aliphatic rings. The summed E-state index contributed by atoms with van der Waals surface area (Å²) >= 11 is 5.73. The Morgan fingerprint density at radius 2 is 2.42 bits per heavy atom. The van der Waals surface area contributed by atoms with Crippen LogP contribution in [0.5, 0.6) is 0 Å². The van der Waals surface area contributed by atoms with E-state index >= 15 is 0 Å². The first-order valence-electron chi connectivity index (χ1n) is 3.41. The predicted molar refractivity (Wildman–Crippen MR) is 49.0 cm³/mol. The first kappa shape index (κ1) is 7.20. The number of terminal acetylenes is 1. The van der Waals surface area contributed by atoms with Gasteiger partial charge in [-0.05, 0) is 12.1 Å². The molecule has 12 heavy (non-hydrogen) atoms. The standard InChI is InChI=1S/C9H5ClN2/c1-2-6-5-8(10)12-9-7(6)3-4-11-9/h1,3-5H,(H,11,12). The maximum Gasteiger partial charge on any atom is 0.140 e. The van der Waals surface area contributed by atoms with E-state index in [1.54, 1.807) is 12.3 Å². The Balaban J connectivity index is 2.91. The van der Waals surface area contributed by atoms with E-state index in [0.717, 1.165) is 16.6 Å². The van der Waals surface area contributed by atoms with Crippen molar-refractivity contribution in [1.82, 2.24) is 9.97 Å². The van der Waals surface area contributed by atoms with Crippen molar-refractivity contribution in [3.05, 3.63) is 29.0 Å². The molecule has 0 amide bonds. The summed E-state index contributed by atoms with van der Waals surface area (Å²) in [5, 5.41) is 1.35. The maximum atomic E-state index is 5.73. The van der Waals surface area contributed by atoms with Crippen molar-refractivity contribution in [3.63, 3.8) is 0 Å². The van der Waals surface area contributed by atoms with Gasteiger partial charge in [0.25, 0.3) is 0 Å². The SMILES string of the molecule is C#Cc1cc(Cl)nc2[nH]ccc12. The van der Waals surface area contributed by atoms with Gasteiger partial charge in [0.1, 0.15) is 10.8 Å². The van der Waals surface area contributed by atoms with Gasteiger partial charge in [-0.25, -0.2) is 4.98 Å². The number of nitrogens with zero attached hydrogens (tertiary/aromatic N) is 1. The summed E-state index contributed by atoms with van der Waals surface area (Å²) in [6.07, 6.45) is 7.08. The molecular weight excluding hydrogens is 172 g/mol. The van der Waals surface area contributed by atoms with Crippen molar-refractivity contribution < 1.29 is 0 Å². The molecule has 0 aliphatic heterocycles. The number of nitrogens with one attached hydrogen (secondary N) is 1. The van der Waals surface area contributed by atoms with Gasteiger partial charge in [0.15, 0.2) is 0 Å². The van der Waals surface area contributed by atoms with Crippen LogP contribution in [0.4, 0.5) is 0 Å². The van der Waals surface area contributed by atoms with Crippen LogP contribution in [-0.4, -0.2) is 9.97 Å². The average Bonchev–Trinajstić information content (AvgIpc) is 2.50. The number of rotatable bonds is 0. The van der Waals surface area contributed by atoms with Gasteiger partial charge in [0.2, 0.25) is 0 Å². The Morgan fingerprint density at radius 1 is 1.58 bits per heavy atom. The molecule has 0 radical (unpaired) electrons. The fourth-order valence-corrected chi connectivity index (χ4v) is 1.32. The van der Waals surface area contributed by atoms with Crippen LogP contribution in [0, 0.1) is 12.3 Å². The normalized spacial score (nSPS) is 10.0. The fourth-order valence-electron chi connectivity index (χ4n) is 1.13. The van der Waals surface area contributed by atoms with E-state index in [-0.39, 0.29) is 0 Å². The zero-order valence-corrected chi connectivity index (χ0v) is 6.89. The zero-order chi connectivity index (χ0) is 8.55. The minimum Gasteiger partial charge on any atom is -0.346 e. The summed E-state index contributed by atoms with van der Waals surface area (Å²) in [5.41, 5.74) is 1.50. The van der Waals surface area contributed by atoms with Crippen LogP contribution < -0.4 is 0 Å². The molecule has 0 atom stereocenters. The van der Waals surface area contributed by atoms with Crippen LogP contribution in [0.15, 0.2) is 18.3 Å². The van der Waals surface area contributed by atoms with E-state index in [1.165, 1.54) is 0 Å². The summed E-state index contributed by atoms with van der Waals surface area (Å²) in [7, 11) is 0. The molecule has 0 bridgehead atoms. The Hall–Kier alpha value is -1.46. The average molecular weight is 177 g/mol. The number of hydrogen-bond donors (Lipinski definition) is 1. The molecule has 2 aromatic rings. The summed E-state index contributed by atoms with van der Waals surface area (Å²) in [6, 6.07) is 3.56. The summed E-state index contributed by atoms with van der Waals surface area (Å²) in [4.78, 5) is 7.00. The Morgan fingerprint density at radius 3 is 3.17 bits per heavy atom. The minimum absolute atomic E-state index is 0.415. The minimum atomic E-state index is 0.415. The Bertz CT molecular complexity index is 465. The Kier molecular flexibility index (Phi) is 1.53. The third kappa shape index (κ3) is 0.956. The van der Waals surface area contributed by atoms with Crippen LogP contribution in [0.3, 0.4) is 0 Å². The van der Waals surface area contributed by atoms with E-state index in [2.05, 4.69) is 15.9 Å². The van der Waals surface area contributed by atoms with Crippen LogP contribution in [0.2, 0.25) is 5.15 Å². The van der Waals surface area contributed by atoms with Crippen molar-refractivity contribution in [2.45, 2.75) is 0 Å². The molecule has 3 heteroatoms. The molecule has 0 unspecified atom stereocenters. The lowest BCUT2D eigenvalue weighted by molar-refractivity contribution is 1.32. The van der Waals surface area contributed by atoms with Crippen molar-refractivity contribution in [1.29, 1.82) is 0 Å². The monoisotopic (exact) mass is 176 g/mol. The van der Waals surface area contributed by atoms with Gasteiger partial charge in [-0.1, -0.05) is 17.5 Å². The third-order valence-electron chi connectivity index (χ3n) is 1.65. The van der Waals surface area contributed by atoms with Gasteiger partial charge >= 0.3 is 0 Å². The van der Waals surface area contributed by atoms with Gasteiger partial charge in [-0.2, -0.15) is 0 Å². The van der Waals surface area contributed by atoms with E-state index in [4.69, 9.17) is 18.0 Å². The number of pyridine rings is 1. The van der Waals surface area contributed by atoms with Crippen LogP contribution in [-0.2, 0) is 0 Å². The largest absolute Gasteiger partial charge is 0.346 e. The highest BCUT2D eigenvalue weighted by molar-refractivity contribution is 6.30. The molecule has 0 saturated heterocycles. The highest BCUT2D eigenvalue weighted by Gasteiger charge is 2.02. The quantitative estimate of drug-likeness (QED) is 0.484. The van der Waals surface area contributed by atoms with E-state index in [9.17, 15) is 0 Å². The summed E-state index contributed by atoms with van der Waals surface area (Å²) in [5.74, 6) is 2.55. The maximum absolute atomic E-state index is 5.73. The highest BCUT2D eigenvalue weighted by Crippen LogP contribution is 2.18. The van der Waals surface area contributed by atoms with Crippen LogP contribution in [0.1, 0.15) is 5.56 Å². The van der Waals surface area contributed by atoms with Gasteiger partial charge in [-0.15, -0.1) is 6.42 Å². The fraction of sp³-hybridized carbons (Fsp3) is 0. The molecule has 2 rings (SSSR count). The molecular formula is C9H5ClN2. The highest BCUT2D eigenvalue weighted by atomic mass is 35.5. The number of halogens is 1. The summed E-state index contributed by atoms with van der Waals surface area (Å²) < 4.78 is 0. The topological polar surface area (TPSA) is 28.7 Å². The second kappa shape index (κ2) is 2.54. The number of aromatic nitrogens is 2. The first-order valence-corrected chi connectivity index (χ1v) is 3.79. The lowest BCUT2D eigenvalue weighted by atomic mass is 10.2. The zero-order valence-electron chi connectivity index (χ0n) is 6.13. The molecule has 2 aromatic heterocycles. The molecule has 0 spiro atoms. The molecule has 1 N–H and O–H groups in total. The van der Waals surface area contributed by atoms with E-state index in [0.29, 0.717) is 5.15 Å². The first-order chi connectivity index (χ1) is 5.81. The molecule has 0 aliphatic carbocycles. The van der Waals surface area contributed by atoms with Gasteiger partial charge in [0.05, 0.1) is 0 Å². The second-order valence-electron chi connectivity index (χ2n) is 2.38. The number of H-pyrrole nitrogens is 1. The third-order valence-corrected chi connectivity index (χ3v) is 1.85. The lowest BCUT2D eigenvalue weighted by Crippen LogP contribution is -1.82. The molecule has 2 heterocycles. The van der Waals surface area contributed by atoms with Crippen LogP contribution >= 0.6 is 11.6 Å². The molecule has 0 fully saturated rings. The molecule has 0 saturated carbocycles. The van der Waals surface area contributed by atoms with E-state index in [1.807, 2.05) is 6.07 Å². The Labute approximate surface area is 74.6 Å². The van der Waals surface area contributed by atoms with Crippen LogP contribution in [0.25, 0.3) is 11.0 Å². The molecule has 58 valence electrons. The van der Waals surface area contributed by atoms with Gasteiger partial charge < -0.3 is 4.98 Å². The van der Waals surface area contributed by atoms with Gasteiger partial charge in [-0.3, -0.25) is 0 Å². The van der Waals surface area contributed by atoms with Crippen molar-refractivity contribution >= 4 is 22.6 Å². The van der Waals surface area contributed by atoms with Crippen molar-refractivity contribution in [3.8, 4) is 12.3 Å². The number of fused-ring (bicyclic) bond motifs is 1. The number of hydrogen-bond acceptors (Lipinski definition) is 1. The second-order valence-corrected chi connectivity index (χ2v) is 2.76. The van der Waals surface area contributed by atoms with Crippen molar-refractivity contribution in [2.24, 2.45) is 0 Å². The van der Waals surface area contributed by atoms with Gasteiger partial charge in [0, 0.05) is 17.1 Å². The molecule has 0 aromatic carbocycles. The number of aromatic amines is 1. The lowest BCUT2D eigenvalue weighted by Gasteiger charge is -1.94. The predicted octanol–water partition coefficient (Wildman–Crippen LogP) is 2.20. The smallest absolute Gasteiger partial charge is 0.140 e. The van der Waals surface area contributed by atoms with E-state index < -0.39 is 0 Å². The molecule has 2 nitrogen and oxygen atoms in total. The summed E-state index contributed by atoms with van der Waals surface area (Å²) in [6.45, 7) is 0. The van der Waals surface area contributed by atoms with Crippen molar-refractivity contribution in [2.75, 3.05) is 0 Å².